The SMILES string of the molecule is COC(=O)C1CC(O)CN1Cc1cccc(OC)c1. The van der Waals surface area contributed by atoms with Crippen LogP contribution in [0.3, 0.4) is 0 Å². The van der Waals surface area contributed by atoms with E-state index in [0.29, 0.717) is 19.5 Å². The third kappa shape index (κ3) is 3.24. The van der Waals surface area contributed by atoms with Crippen LogP contribution in [0, 0.1) is 0 Å². The summed E-state index contributed by atoms with van der Waals surface area (Å²) in [4.78, 5) is 13.6. The first-order valence-electron chi connectivity index (χ1n) is 6.27. The monoisotopic (exact) mass is 265 g/mol. The van der Waals surface area contributed by atoms with Crippen LogP contribution >= 0.6 is 0 Å². The van der Waals surface area contributed by atoms with Crippen molar-refractivity contribution in [3.05, 3.63) is 29.8 Å². The Morgan fingerprint density at radius 2 is 2.26 bits per heavy atom. The molecule has 1 saturated heterocycles. The molecule has 0 aromatic heterocycles. The number of β-amino-alcohol motifs (C(OH)–C–C–N with tert-alkyl or cyclic N) is 1. The number of carbonyl (C=O) groups excluding carboxylic acids is 1. The van der Waals surface area contributed by atoms with Crippen LogP contribution in [0.25, 0.3) is 0 Å². The molecule has 0 saturated carbocycles. The molecular weight excluding hydrogens is 246 g/mol. The van der Waals surface area contributed by atoms with Gasteiger partial charge < -0.3 is 14.6 Å². The van der Waals surface area contributed by atoms with E-state index in [2.05, 4.69) is 0 Å². The van der Waals surface area contributed by atoms with Gasteiger partial charge in [0.25, 0.3) is 0 Å². The highest BCUT2D eigenvalue weighted by molar-refractivity contribution is 5.76. The minimum atomic E-state index is -0.477. The molecule has 1 heterocycles. The molecule has 1 aromatic carbocycles. The standard InChI is InChI=1S/C14H19NO4/c1-18-12-5-3-4-10(6-12)8-15-9-11(16)7-13(15)14(17)19-2/h3-6,11,13,16H,7-9H2,1-2H3. The molecule has 1 aromatic rings. The van der Waals surface area contributed by atoms with E-state index < -0.39 is 6.10 Å². The van der Waals surface area contributed by atoms with Crippen LogP contribution in [0.4, 0.5) is 0 Å². The summed E-state index contributed by atoms with van der Waals surface area (Å²) < 4.78 is 9.96. The lowest BCUT2D eigenvalue weighted by molar-refractivity contribution is -0.146. The third-order valence-corrected chi connectivity index (χ3v) is 3.37. The lowest BCUT2D eigenvalue weighted by atomic mass is 10.1. The zero-order valence-electron chi connectivity index (χ0n) is 11.2. The molecule has 0 radical (unpaired) electrons. The minimum absolute atomic E-state index is 0.292. The molecule has 1 N–H and O–H groups in total. The normalized spacial score (nSPS) is 23.3. The Hall–Kier alpha value is -1.59. The molecule has 1 aliphatic rings. The molecule has 2 unspecified atom stereocenters. The van der Waals surface area contributed by atoms with Gasteiger partial charge in [0.2, 0.25) is 0 Å². The van der Waals surface area contributed by atoms with E-state index in [-0.39, 0.29) is 12.0 Å². The van der Waals surface area contributed by atoms with E-state index in [1.54, 1.807) is 7.11 Å². The van der Waals surface area contributed by atoms with Crippen LogP contribution in [-0.2, 0) is 16.1 Å². The zero-order valence-corrected chi connectivity index (χ0v) is 11.2. The lowest BCUT2D eigenvalue weighted by Crippen LogP contribution is -2.36. The van der Waals surface area contributed by atoms with Gasteiger partial charge in [-0.25, -0.2) is 0 Å². The lowest BCUT2D eigenvalue weighted by Gasteiger charge is -2.22. The highest BCUT2D eigenvalue weighted by atomic mass is 16.5. The first kappa shape index (κ1) is 13.8. The van der Waals surface area contributed by atoms with Crippen LogP contribution in [0.5, 0.6) is 5.75 Å². The fourth-order valence-electron chi connectivity index (χ4n) is 2.44. The highest BCUT2D eigenvalue weighted by Gasteiger charge is 2.36. The maximum atomic E-state index is 11.7. The summed E-state index contributed by atoms with van der Waals surface area (Å²) in [6.45, 7) is 1.07. The number of esters is 1. The molecule has 0 spiro atoms. The van der Waals surface area contributed by atoms with Crippen molar-refractivity contribution in [1.29, 1.82) is 0 Å². The van der Waals surface area contributed by atoms with Gasteiger partial charge in [-0.15, -0.1) is 0 Å². The second kappa shape index (κ2) is 6.04. The molecular formula is C14H19NO4. The number of aliphatic hydroxyl groups is 1. The second-order valence-corrected chi connectivity index (χ2v) is 4.71. The summed E-state index contributed by atoms with van der Waals surface area (Å²) in [7, 11) is 2.99. The van der Waals surface area contributed by atoms with Gasteiger partial charge in [0.1, 0.15) is 11.8 Å². The highest BCUT2D eigenvalue weighted by Crippen LogP contribution is 2.23. The van der Waals surface area contributed by atoms with E-state index in [1.165, 1.54) is 7.11 Å². The van der Waals surface area contributed by atoms with E-state index in [9.17, 15) is 9.90 Å². The molecule has 2 rings (SSSR count). The number of rotatable bonds is 4. The van der Waals surface area contributed by atoms with Gasteiger partial charge in [0, 0.05) is 19.5 Å². The Morgan fingerprint density at radius 1 is 1.47 bits per heavy atom. The van der Waals surface area contributed by atoms with Crippen LogP contribution < -0.4 is 4.74 Å². The number of hydrogen-bond donors (Lipinski definition) is 1. The van der Waals surface area contributed by atoms with Crippen molar-refractivity contribution >= 4 is 5.97 Å². The van der Waals surface area contributed by atoms with Gasteiger partial charge >= 0.3 is 5.97 Å². The summed E-state index contributed by atoms with van der Waals surface area (Å²) in [6, 6.07) is 7.32. The number of ether oxygens (including phenoxy) is 2. The van der Waals surface area contributed by atoms with Gasteiger partial charge in [-0.3, -0.25) is 9.69 Å². The summed E-state index contributed by atoms with van der Waals surface area (Å²) in [5.74, 6) is 0.492. The number of methoxy groups -OCH3 is 2. The predicted molar refractivity (Wildman–Crippen MR) is 69.8 cm³/mol. The number of carbonyl (C=O) groups is 1. The molecule has 2 atom stereocenters. The first-order chi connectivity index (χ1) is 9.13. The molecule has 19 heavy (non-hydrogen) atoms. The first-order valence-corrected chi connectivity index (χ1v) is 6.27. The Bertz CT molecular complexity index is 449. The van der Waals surface area contributed by atoms with Crippen molar-refractivity contribution < 1.29 is 19.4 Å². The molecule has 1 aliphatic heterocycles. The number of hydrogen-bond acceptors (Lipinski definition) is 5. The minimum Gasteiger partial charge on any atom is -0.497 e. The van der Waals surface area contributed by atoms with Crippen LogP contribution in [-0.4, -0.2) is 48.9 Å². The molecule has 0 amide bonds. The number of benzene rings is 1. The molecule has 5 nitrogen and oxygen atoms in total. The second-order valence-electron chi connectivity index (χ2n) is 4.71. The average molecular weight is 265 g/mol. The topological polar surface area (TPSA) is 59.0 Å². The van der Waals surface area contributed by atoms with Gasteiger partial charge in [-0.1, -0.05) is 12.1 Å². The number of nitrogens with zero attached hydrogens (tertiary/aromatic N) is 1. The average Bonchev–Trinajstić information content (AvgIpc) is 2.79. The molecule has 1 fully saturated rings. The Labute approximate surface area is 112 Å². The van der Waals surface area contributed by atoms with Crippen molar-refractivity contribution in [2.24, 2.45) is 0 Å². The van der Waals surface area contributed by atoms with Crippen LogP contribution in [0.1, 0.15) is 12.0 Å². The van der Waals surface area contributed by atoms with Crippen molar-refractivity contribution in [3.63, 3.8) is 0 Å². The summed E-state index contributed by atoms with van der Waals surface area (Å²) in [6.07, 6.45) is -0.0499. The van der Waals surface area contributed by atoms with Crippen molar-refractivity contribution in [1.82, 2.24) is 4.90 Å². The van der Waals surface area contributed by atoms with Gasteiger partial charge in [-0.05, 0) is 17.7 Å². The summed E-state index contributed by atoms with van der Waals surface area (Å²) in [5, 5.41) is 9.72. The van der Waals surface area contributed by atoms with Crippen molar-refractivity contribution in [2.45, 2.75) is 25.1 Å². The van der Waals surface area contributed by atoms with Gasteiger partial charge in [0.05, 0.1) is 20.3 Å². The smallest absolute Gasteiger partial charge is 0.323 e. The summed E-state index contributed by atoms with van der Waals surface area (Å²) in [5.41, 5.74) is 1.04. The fourth-order valence-corrected chi connectivity index (χ4v) is 2.44. The van der Waals surface area contributed by atoms with Crippen molar-refractivity contribution in [3.8, 4) is 5.75 Å². The molecule has 104 valence electrons. The quantitative estimate of drug-likeness (QED) is 0.816. The fraction of sp³-hybridized carbons (Fsp3) is 0.500. The van der Waals surface area contributed by atoms with E-state index in [0.717, 1.165) is 11.3 Å². The molecule has 5 heteroatoms. The Kier molecular flexibility index (Phi) is 4.39. The van der Waals surface area contributed by atoms with E-state index in [4.69, 9.17) is 9.47 Å². The van der Waals surface area contributed by atoms with E-state index >= 15 is 0 Å². The van der Waals surface area contributed by atoms with Gasteiger partial charge in [-0.2, -0.15) is 0 Å². The molecule has 0 aliphatic carbocycles. The maximum Gasteiger partial charge on any atom is 0.323 e. The zero-order chi connectivity index (χ0) is 13.8. The van der Waals surface area contributed by atoms with Gasteiger partial charge in [0.15, 0.2) is 0 Å². The predicted octanol–water partition coefficient (Wildman–Crippen LogP) is 0.803. The number of aliphatic hydroxyl groups excluding tert-OH is 1. The molecule has 0 bridgehead atoms. The largest absolute Gasteiger partial charge is 0.497 e. The Balaban J connectivity index is 2.09. The van der Waals surface area contributed by atoms with Crippen molar-refractivity contribution in [2.75, 3.05) is 20.8 Å². The number of likely N-dealkylation sites (tertiary alicyclic amines) is 1. The van der Waals surface area contributed by atoms with E-state index in [1.807, 2.05) is 29.2 Å². The Morgan fingerprint density at radius 3 is 2.95 bits per heavy atom. The third-order valence-electron chi connectivity index (χ3n) is 3.37. The maximum absolute atomic E-state index is 11.7. The summed E-state index contributed by atoms with van der Waals surface area (Å²) >= 11 is 0. The van der Waals surface area contributed by atoms with Crippen LogP contribution in [0.2, 0.25) is 0 Å². The van der Waals surface area contributed by atoms with Crippen LogP contribution in [0.15, 0.2) is 24.3 Å².